The molecule has 4 aromatic rings. The predicted octanol–water partition coefficient (Wildman–Crippen LogP) is 3.72. The van der Waals surface area contributed by atoms with Crippen LogP contribution in [0.3, 0.4) is 0 Å². The monoisotopic (exact) mass is 435 g/mol. The molecule has 1 atom stereocenters. The molecule has 0 aliphatic carbocycles. The zero-order chi connectivity index (χ0) is 21.7. The third-order valence-corrected chi connectivity index (χ3v) is 6.00. The molecule has 156 valence electrons. The molecule has 1 amide bonds. The molecule has 3 heterocycles. The first-order valence-corrected chi connectivity index (χ1v) is 10.3. The van der Waals surface area contributed by atoms with E-state index in [0.717, 1.165) is 5.56 Å². The van der Waals surface area contributed by atoms with Crippen molar-refractivity contribution in [1.29, 1.82) is 0 Å². The van der Waals surface area contributed by atoms with Crippen LogP contribution in [0, 0.1) is 6.92 Å². The zero-order valence-electron chi connectivity index (χ0n) is 16.9. The van der Waals surface area contributed by atoms with Gasteiger partial charge in [0.25, 0.3) is 5.91 Å². The van der Waals surface area contributed by atoms with E-state index in [0.29, 0.717) is 33.2 Å². The van der Waals surface area contributed by atoms with E-state index in [-0.39, 0.29) is 16.8 Å². The SMILES string of the molecule is COc1cccc([C@@H]2c3c(oc4ccc(C)cc4c3=O)C(=O)N2c2nncs2)c1OC. The van der Waals surface area contributed by atoms with Crippen LogP contribution < -0.4 is 19.8 Å². The second-order valence-corrected chi connectivity index (χ2v) is 7.87. The molecule has 2 aromatic carbocycles. The van der Waals surface area contributed by atoms with Gasteiger partial charge in [-0.05, 0) is 25.1 Å². The van der Waals surface area contributed by atoms with Gasteiger partial charge in [-0.1, -0.05) is 35.1 Å². The Bertz CT molecular complexity index is 1380. The van der Waals surface area contributed by atoms with E-state index in [2.05, 4.69) is 10.2 Å². The van der Waals surface area contributed by atoms with Gasteiger partial charge in [-0.2, -0.15) is 0 Å². The van der Waals surface area contributed by atoms with Crippen LogP contribution in [0.4, 0.5) is 5.13 Å². The molecule has 0 radical (unpaired) electrons. The van der Waals surface area contributed by atoms with Gasteiger partial charge in [0.1, 0.15) is 17.1 Å². The molecular weight excluding hydrogens is 418 g/mol. The summed E-state index contributed by atoms with van der Waals surface area (Å²) in [5.41, 5.74) is 3.36. The number of aryl methyl sites for hydroxylation is 1. The van der Waals surface area contributed by atoms with Crippen LogP contribution in [0.2, 0.25) is 0 Å². The van der Waals surface area contributed by atoms with Crippen LogP contribution in [0.5, 0.6) is 11.5 Å². The van der Waals surface area contributed by atoms with Gasteiger partial charge in [-0.3, -0.25) is 14.5 Å². The van der Waals surface area contributed by atoms with E-state index in [1.165, 1.54) is 36.0 Å². The minimum Gasteiger partial charge on any atom is -0.493 e. The van der Waals surface area contributed by atoms with Crippen LogP contribution in [0.15, 0.2) is 51.1 Å². The van der Waals surface area contributed by atoms with E-state index in [4.69, 9.17) is 13.9 Å². The van der Waals surface area contributed by atoms with Gasteiger partial charge in [0.05, 0.1) is 25.2 Å². The number of aromatic nitrogens is 2. The quantitative estimate of drug-likeness (QED) is 0.482. The van der Waals surface area contributed by atoms with E-state index in [1.54, 1.807) is 30.3 Å². The third-order valence-electron chi connectivity index (χ3n) is 5.31. The Morgan fingerprint density at radius 3 is 2.68 bits per heavy atom. The van der Waals surface area contributed by atoms with E-state index in [1.807, 2.05) is 13.0 Å². The Hall–Kier alpha value is -3.72. The Kier molecular flexibility index (Phi) is 4.48. The van der Waals surface area contributed by atoms with Gasteiger partial charge in [0.2, 0.25) is 10.9 Å². The standard InChI is InChI=1S/C22H17N3O5S/c1-11-7-8-14-13(9-11)18(26)16-17(12-5-4-6-15(28-2)19(12)29-3)25(21(27)20(16)30-14)22-24-23-10-31-22/h4-10,17H,1-3H3/t17-/m1/s1. The molecule has 0 unspecified atom stereocenters. The number of anilines is 1. The molecule has 5 rings (SSSR count). The fourth-order valence-electron chi connectivity index (χ4n) is 3.98. The van der Waals surface area contributed by atoms with E-state index >= 15 is 0 Å². The summed E-state index contributed by atoms with van der Waals surface area (Å²) in [5.74, 6) is 0.445. The summed E-state index contributed by atoms with van der Waals surface area (Å²) >= 11 is 1.20. The minimum absolute atomic E-state index is 0.00794. The van der Waals surface area contributed by atoms with Crippen LogP contribution in [-0.2, 0) is 0 Å². The smallest absolute Gasteiger partial charge is 0.297 e. The van der Waals surface area contributed by atoms with Crippen LogP contribution >= 0.6 is 11.3 Å². The summed E-state index contributed by atoms with van der Waals surface area (Å²) in [6, 6.07) is 9.83. The molecule has 1 aliphatic rings. The van der Waals surface area contributed by atoms with Gasteiger partial charge >= 0.3 is 0 Å². The van der Waals surface area contributed by atoms with Crippen LogP contribution in [0.25, 0.3) is 11.0 Å². The summed E-state index contributed by atoms with van der Waals surface area (Å²) in [5, 5.41) is 8.71. The molecular formula is C22H17N3O5S. The number of methoxy groups -OCH3 is 2. The number of ether oxygens (including phenoxy) is 2. The van der Waals surface area contributed by atoms with Crippen molar-refractivity contribution in [2.75, 3.05) is 19.1 Å². The van der Waals surface area contributed by atoms with E-state index in [9.17, 15) is 9.59 Å². The first-order valence-electron chi connectivity index (χ1n) is 9.43. The molecule has 2 aromatic heterocycles. The summed E-state index contributed by atoms with van der Waals surface area (Å²) in [7, 11) is 3.04. The topological polar surface area (TPSA) is 94.8 Å². The molecule has 0 saturated carbocycles. The van der Waals surface area contributed by atoms with Gasteiger partial charge in [0.15, 0.2) is 16.9 Å². The highest BCUT2D eigenvalue weighted by molar-refractivity contribution is 7.13. The number of carbonyl (C=O) groups is 1. The average Bonchev–Trinajstić information content (AvgIpc) is 3.40. The van der Waals surface area contributed by atoms with Crippen molar-refractivity contribution in [3.8, 4) is 11.5 Å². The molecule has 9 heteroatoms. The molecule has 0 spiro atoms. The zero-order valence-corrected chi connectivity index (χ0v) is 17.7. The Morgan fingerprint density at radius 2 is 1.97 bits per heavy atom. The molecule has 0 fully saturated rings. The summed E-state index contributed by atoms with van der Waals surface area (Å²) in [6.45, 7) is 1.90. The largest absolute Gasteiger partial charge is 0.493 e. The van der Waals surface area contributed by atoms with Gasteiger partial charge in [-0.15, -0.1) is 10.2 Å². The first-order chi connectivity index (χ1) is 15.0. The number of nitrogens with zero attached hydrogens (tertiary/aromatic N) is 3. The average molecular weight is 435 g/mol. The molecule has 0 saturated heterocycles. The molecule has 8 nitrogen and oxygen atoms in total. The first kappa shape index (κ1) is 19.3. The lowest BCUT2D eigenvalue weighted by Gasteiger charge is -2.24. The number of hydrogen-bond acceptors (Lipinski definition) is 8. The Labute approximate surface area is 180 Å². The normalized spacial score (nSPS) is 15.4. The number of hydrogen-bond donors (Lipinski definition) is 0. The van der Waals surface area contributed by atoms with Crippen molar-refractivity contribution >= 4 is 33.3 Å². The summed E-state index contributed by atoms with van der Waals surface area (Å²) in [6.07, 6.45) is 0. The lowest BCUT2D eigenvalue weighted by molar-refractivity contribution is 0.0970. The Balaban J connectivity index is 1.87. The highest BCUT2D eigenvalue weighted by Gasteiger charge is 2.46. The second-order valence-electron chi connectivity index (χ2n) is 7.06. The summed E-state index contributed by atoms with van der Waals surface area (Å²) < 4.78 is 17.0. The highest BCUT2D eigenvalue weighted by Crippen LogP contribution is 2.46. The van der Waals surface area contributed by atoms with Gasteiger partial charge in [-0.25, -0.2) is 0 Å². The highest BCUT2D eigenvalue weighted by atomic mass is 32.1. The third kappa shape index (κ3) is 2.81. The maximum absolute atomic E-state index is 13.6. The minimum atomic E-state index is -0.804. The lowest BCUT2D eigenvalue weighted by atomic mass is 9.97. The number of carbonyl (C=O) groups excluding carboxylic acids is 1. The Morgan fingerprint density at radius 1 is 1.13 bits per heavy atom. The van der Waals surface area contributed by atoms with Crippen molar-refractivity contribution in [1.82, 2.24) is 10.2 Å². The van der Waals surface area contributed by atoms with Crippen LogP contribution in [-0.4, -0.2) is 30.3 Å². The van der Waals surface area contributed by atoms with Crippen molar-refractivity contribution in [2.24, 2.45) is 0 Å². The maximum atomic E-state index is 13.6. The van der Waals surface area contributed by atoms with E-state index < -0.39 is 11.9 Å². The molecule has 0 N–H and O–H groups in total. The predicted molar refractivity (Wildman–Crippen MR) is 115 cm³/mol. The van der Waals surface area contributed by atoms with Gasteiger partial charge in [0, 0.05) is 5.56 Å². The van der Waals surface area contributed by atoms with Crippen molar-refractivity contribution < 1.29 is 18.7 Å². The second kappa shape index (κ2) is 7.21. The fraction of sp³-hybridized carbons (Fsp3) is 0.182. The number of benzene rings is 2. The maximum Gasteiger partial charge on any atom is 0.297 e. The number of para-hydroxylation sites is 1. The fourth-order valence-corrected chi connectivity index (χ4v) is 4.56. The molecule has 1 aliphatic heterocycles. The van der Waals surface area contributed by atoms with Crippen LogP contribution in [0.1, 0.15) is 33.3 Å². The van der Waals surface area contributed by atoms with Crippen molar-refractivity contribution in [3.05, 3.63) is 74.6 Å². The molecule has 31 heavy (non-hydrogen) atoms. The van der Waals surface area contributed by atoms with Gasteiger partial charge < -0.3 is 13.9 Å². The lowest BCUT2D eigenvalue weighted by Crippen LogP contribution is -2.29. The van der Waals surface area contributed by atoms with Crippen molar-refractivity contribution in [3.63, 3.8) is 0 Å². The number of rotatable bonds is 4. The summed E-state index contributed by atoms with van der Waals surface area (Å²) in [4.78, 5) is 28.5. The molecule has 0 bridgehead atoms. The van der Waals surface area contributed by atoms with Crippen molar-refractivity contribution in [2.45, 2.75) is 13.0 Å². The number of amides is 1. The number of fused-ring (bicyclic) bond motifs is 2.